The SMILES string of the molecule is CC1(C)CC(C)(C)CC(CN)(NCCCO)C1. The average molecular weight is 242 g/mol. The molecule has 3 nitrogen and oxygen atoms in total. The molecule has 0 amide bonds. The highest BCUT2D eigenvalue weighted by Gasteiger charge is 2.46. The van der Waals surface area contributed by atoms with Gasteiger partial charge in [-0.15, -0.1) is 0 Å². The molecule has 102 valence electrons. The minimum atomic E-state index is 0.0560. The number of aliphatic hydroxyl groups is 1. The Bertz CT molecular complexity index is 233. The van der Waals surface area contributed by atoms with Crippen molar-refractivity contribution in [2.24, 2.45) is 16.6 Å². The summed E-state index contributed by atoms with van der Waals surface area (Å²) in [6, 6.07) is 0. The molecule has 0 heterocycles. The largest absolute Gasteiger partial charge is 0.396 e. The van der Waals surface area contributed by atoms with Crippen molar-refractivity contribution in [2.45, 2.75) is 58.9 Å². The Labute approximate surface area is 106 Å². The van der Waals surface area contributed by atoms with Crippen LogP contribution in [-0.2, 0) is 0 Å². The van der Waals surface area contributed by atoms with Gasteiger partial charge in [-0.25, -0.2) is 0 Å². The van der Waals surface area contributed by atoms with Crippen LogP contribution in [0.3, 0.4) is 0 Å². The minimum Gasteiger partial charge on any atom is -0.396 e. The molecule has 0 aliphatic heterocycles. The molecule has 0 saturated heterocycles. The predicted molar refractivity (Wildman–Crippen MR) is 72.9 cm³/mol. The molecular formula is C14H30N2O. The van der Waals surface area contributed by atoms with Crippen LogP contribution in [0, 0.1) is 10.8 Å². The van der Waals surface area contributed by atoms with E-state index in [2.05, 4.69) is 33.0 Å². The summed E-state index contributed by atoms with van der Waals surface area (Å²) >= 11 is 0. The van der Waals surface area contributed by atoms with Crippen molar-refractivity contribution in [3.05, 3.63) is 0 Å². The lowest BCUT2D eigenvalue weighted by Crippen LogP contribution is -2.59. The van der Waals surface area contributed by atoms with Gasteiger partial charge in [-0.1, -0.05) is 27.7 Å². The summed E-state index contributed by atoms with van der Waals surface area (Å²) in [5.41, 5.74) is 6.77. The van der Waals surface area contributed by atoms with Gasteiger partial charge in [0.2, 0.25) is 0 Å². The Kier molecular flexibility index (Phi) is 4.61. The van der Waals surface area contributed by atoms with E-state index in [1.54, 1.807) is 0 Å². The van der Waals surface area contributed by atoms with E-state index >= 15 is 0 Å². The van der Waals surface area contributed by atoms with Gasteiger partial charge >= 0.3 is 0 Å². The van der Waals surface area contributed by atoms with E-state index in [0.717, 1.165) is 25.8 Å². The Morgan fingerprint density at radius 3 is 2.00 bits per heavy atom. The van der Waals surface area contributed by atoms with Crippen molar-refractivity contribution in [3.8, 4) is 0 Å². The van der Waals surface area contributed by atoms with E-state index in [9.17, 15) is 0 Å². The molecule has 0 unspecified atom stereocenters. The van der Waals surface area contributed by atoms with E-state index < -0.39 is 0 Å². The zero-order valence-corrected chi connectivity index (χ0v) is 12.0. The monoisotopic (exact) mass is 242 g/mol. The van der Waals surface area contributed by atoms with Crippen LogP contribution >= 0.6 is 0 Å². The van der Waals surface area contributed by atoms with Gasteiger partial charge in [0.25, 0.3) is 0 Å². The molecule has 3 heteroatoms. The van der Waals surface area contributed by atoms with Gasteiger partial charge in [-0.3, -0.25) is 0 Å². The van der Waals surface area contributed by atoms with Crippen LogP contribution in [-0.4, -0.2) is 30.3 Å². The van der Waals surface area contributed by atoms with Crippen LogP contribution in [0.2, 0.25) is 0 Å². The van der Waals surface area contributed by atoms with Crippen molar-refractivity contribution in [2.75, 3.05) is 19.7 Å². The van der Waals surface area contributed by atoms with Crippen LogP contribution in [0.15, 0.2) is 0 Å². The summed E-state index contributed by atoms with van der Waals surface area (Å²) in [6.45, 7) is 11.2. The van der Waals surface area contributed by atoms with Crippen molar-refractivity contribution in [1.29, 1.82) is 0 Å². The van der Waals surface area contributed by atoms with E-state index in [1.165, 1.54) is 6.42 Å². The summed E-state index contributed by atoms with van der Waals surface area (Å²) in [5.74, 6) is 0. The molecule has 1 saturated carbocycles. The lowest BCUT2D eigenvalue weighted by atomic mass is 9.58. The van der Waals surface area contributed by atoms with Gasteiger partial charge in [0, 0.05) is 18.7 Å². The highest BCUT2D eigenvalue weighted by atomic mass is 16.3. The molecule has 0 spiro atoms. The number of aliphatic hydroxyl groups excluding tert-OH is 1. The van der Waals surface area contributed by atoms with Gasteiger partial charge in [0.05, 0.1) is 0 Å². The second-order valence-electron chi connectivity index (χ2n) is 7.35. The third kappa shape index (κ3) is 4.23. The fraction of sp³-hybridized carbons (Fsp3) is 1.00. The van der Waals surface area contributed by atoms with Crippen molar-refractivity contribution in [3.63, 3.8) is 0 Å². The fourth-order valence-corrected chi connectivity index (χ4v) is 4.09. The Morgan fingerprint density at radius 1 is 1.06 bits per heavy atom. The van der Waals surface area contributed by atoms with Crippen LogP contribution in [0.5, 0.6) is 0 Å². The molecule has 0 bridgehead atoms. The Hall–Kier alpha value is -0.120. The van der Waals surface area contributed by atoms with Crippen LogP contribution < -0.4 is 11.1 Å². The number of hydrogen-bond acceptors (Lipinski definition) is 3. The molecule has 0 radical (unpaired) electrons. The van der Waals surface area contributed by atoms with Gasteiger partial charge in [0.1, 0.15) is 0 Å². The molecule has 0 aromatic heterocycles. The maximum atomic E-state index is 8.89. The van der Waals surface area contributed by atoms with Crippen LogP contribution in [0.4, 0.5) is 0 Å². The van der Waals surface area contributed by atoms with Gasteiger partial charge in [-0.05, 0) is 43.1 Å². The summed E-state index contributed by atoms with van der Waals surface area (Å²) in [4.78, 5) is 0. The zero-order valence-electron chi connectivity index (χ0n) is 12.0. The van der Waals surface area contributed by atoms with E-state index in [-0.39, 0.29) is 12.1 Å². The molecule has 17 heavy (non-hydrogen) atoms. The highest BCUT2D eigenvalue weighted by molar-refractivity contribution is 5.03. The second-order valence-corrected chi connectivity index (χ2v) is 7.35. The Morgan fingerprint density at radius 2 is 1.59 bits per heavy atom. The van der Waals surface area contributed by atoms with Gasteiger partial charge in [0.15, 0.2) is 0 Å². The Balaban J connectivity index is 2.75. The zero-order chi connectivity index (χ0) is 13.2. The molecule has 1 rings (SSSR count). The first-order valence-electron chi connectivity index (χ1n) is 6.80. The molecule has 0 aromatic rings. The molecule has 0 aromatic carbocycles. The lowest BCUT2D eigenvalue weighted by Gasteiger charge is -2.52. The first-order chi connectivity index (χ1) is 7.74. The topological polar surface area (TPSA) is 58.3 Å². The first-order valence-corrected chi connectivity index (χ1v) is 6.80. The number of nitrogens with one attached hydrogen (secondary N) is 1. The number of rotatable bonds is 5. The molecule has 1 aliphatic rings. The molecule has 1 fully saturated rings. The first kappa shape index (κ1) is 14.9. The van der Waals surface area contributed by atoms with Gasteiger partial charge < -0.3 is 16.2 Å². The molecule has 1 aliphatic carbocycles. The minimum absolute atomic E-state index is 0.0560. The van der Waals surface area contributed by atoms with E-state index in [1.807, 2.05) is 0 Å². The van der Waals surface area contributed by atoms with E-state index in [0.29, 0.717) is 17.4 Å². The highest BCUT2D eigenvalue weighted by Crippen LogP contribution is 2.49. The fourth-order valence-electron chi connectivity index (χ4n) is 4.09. The van der Waals surface area contributed by atoms with E-state index in [4.69, 9.17) is 10.8 Å². The average Bonchev–Trinajstić information content (AvgIpc) is 2.13. The molecular weight excluding hydrogens is 212 g/mol. The third-order valence-corrected chi connectivity index (χ3v) is 3.82. The predicted octanol–water partition coefficient (Wildman–Crippen LogP) is 1.89. The normalized spacial score (nSPS) is 25.8. The standard InChI is InChI=1S/C14H30N2O/c1-12(2)8-13(3,4)10-14(9-12,11-15)16-6-5-7-17/h16-17H,5-11,15H2,1-4H3. The molecule has 4 N–H and O–H groups in total. The molecule has 0 atom stereocenters. The summed E-state index contributed by atoms with van der Waals surface area (Å²) < 4.78 is 0. The van der Waals surface area contributed by atoms with Crippen molar-refractivity contribution >= 4 is 0 Å². The quantitative estimate of drug-likeness (QED) is 0.645. The van der Waals surface area contributed by atoms with Crippen LogP contribution in [0.1, 0.15) is 53.4 Å². The van der Waals surface area contributed by atoms with Crippen molar-refractivity contribution < 1.29 is 5.11 Å². The van der Waals surface area contributed by atoms with Crippen LogP contribution in [0.25, 0.3) is 0 Å². The third-order valence-electron chi connectivity index (χ3n) is 3.82. The van der Waals surface area contributed by atoms with Crippen molar-refractivity contribution in [1.82, 2.24) is 5.32 Å². The number of hydrogen-bond donors (Lipinski definition) is 3. The summed E-state index contributed by atoms with van der Waals surface area (Å²) in [6.07, 6.45) is 4.32. The maximum Gasteiger partial charge on any atom is 0.0443 e. The number of nitrogens with two attached hydrogens (primary N) is 1. The maximum absolute atomic E-state index is 8.89. The van der Waals surface area contributed by atoms with Gasteiger partial charge in [-0.2, -0.15) is 0 Å². The second kappa shape index (κ2) is 5.25. The summed E-state index contributed by atoms with van der Waals surface area (Å²) in [5, 5.41) is 12.5. The summed E-state index contributed by atoms with van der Waals surface area (Å²) in [7, 11) is 0. The smallest absolute Gasteiger partial charge is 0.0443 e. The lowest BCUT2D eigenvalue weighted by molar-refractivity contribution is 0.0320.